The van der Waals surface area contributed by atoms with Gasteiger partial charge in [0, 0.05) is 12.0 Å². The smallest absolute Gasteiger partial charge is 0.309 e. The van der Waals surface area contributed by atoms with Crippen LogP contribution in [0.1, 0.15) is 58.3 Å². The van der Waals surface area contributed by atoms with Crippen molar-refractivity contribution in [1.29, 1.82) is 0 Å². The number of sulfone groups is 1. The highest BCUT2D eigenvalue weighted by Crippen LogP contribution is 2.43. The Morgan fingerprint density at radius 3 is 2.32 bits per heavy atom. The van der Waals surface area contributed by atoms with Crippen molar-refractivity contribution < 1.29 is 18.3 Å². The molecule has 4 nitrogen and oxygen atoms in total. The Labute approximate surface area is 116 Å². The highest BCUT2D eigenvalue weighted by molar-refractivity contribution is 7.90. The average Bonchev–Trinajstić information content (AvgIpc) is 2.30. The summed E-state index contributed by atoms with van der Waals surface area (Å²) in [5.41, 5.74) is -0.672. The summed E-state index contributed by atoms with van der Waals surface area (Å²) in [6.07, 6.45) is 7.85. The highest BCUT2D eigenvalue weighted by atomic mass is 32.2. The van der Waals surface area contributed by atoms with E-state index in [1.807, 2.05) is 0 Å². The molecule has 0 heterocycles. The molecule has 0 aromatic rings. The summed E-state index contributed by atoms with van der Waals surface area (Å²) in [4.78, 5) is 11.5. The molecule has 0 radical (unpaired) electrons. The van der Waals surface area contributed by atoms with Crippen molar-refractivity contribution in [3.63, 3.8) is 0 Å². The van der Waals surface area contributed by atoms with E-state index in [2.05, 4.69) is 6.92 Å². The Morgan fingerprint density at radius 2 is 1.89 bits per heavy atom. The van der Waals surface area contributed by atoms with Crippen LogP contribution in [0.5, 0.6) is 0 Å². The summed E-state index contributed by atoms with van der Waals surface area (Å²) in [5, 5.41) is 9.48. The van der Waals surface area contributed by atoms with Crippen molar-refractivity contribution in [2.24, 2.45) is 11.3 Å². The molecule has 0 saturated heterocycles. The van der Waals surface area contributed by atoms with E-state index >= 15 is 0 Å². The monoisotopic (exact) mass is 290 g/mol. The van der Waals surface area contributed by atoms with Crippen molar-refractivity contribution >= 4 is 15.8 Å². The van der Waals surface area contributed by atoms with Crippen LogP contribution in [0.2, 0.25) is 0 Å². The topological polar surface area (TPSA) is 71.4 Å². The molecule has 19 heavy (non-hydrogen) atoms. The number of rotatable bonds is 7. The summed E-state index contributed by atoms with van der Waals surface area (Å²) >= 11 is 0. The van der Waals surface area contributed by atoms with E-state index in [4.69, 9.17) is 0 Å². The molecule has 0 amide bonds. The van der Waals surface area contributed by atoms with Crippen LogP contribution >= 0.6 is 0 Å². The standard InChI is InChI=1S/C14H26O4S/c1-3-5-12-6-9-14(10-7-12,13(15)16)8-4-11-19(2,17)18/h12H,3-11H2,1-2H3,(H,15,16). The molecule has 5 heteroatoms. The number of hydrogen-bond donors (Lipinski definition) is 1. The minimum atomic E-state index is -2.99. The first kappa shape index (κ1) is 16.5. The Morgan fingerprint density at radius 1 is 1.32 bits per heavy atom. The molecule has 0 bridgehead atoms. The molecular formula is C14H26O4S. The molecule has 1 aliphatic rings. The number of hydrogen-bond acceptors (Lipinski definition) is 3. The Balaban J connectivity index is 2.55. The highest BCUT2D eigenvalue weighted by Gasteiger charge is 2.41. The van der Waals surface area contributed by atoms with E-state index in [-0.39, 0.29) is 5.75 Å². The lowest BCUT2D eigenvalue weighted by molar-refractivity contribution is -0.152. The third kappa shape index (κ3) is 5.13. The van der Waals surface area contributed by atoms with Gasteiger partial charge >= 0.3 is 5.97 Å². The minimum absolute atomic E-state index is 0.0976. The van der Waals surface area contributed by atoms with Crippen LogP contribution in [-0.2, 0) is 14.6 Å². The molecule has 0 spiro atoms. The summed E-state index contributed by atoms with van der Waals surface area (Å²) in [5.74, 6) is 0.0174. The zero-order valence-electron chi connectivity index (χ0n) is 12.0. The molecule has 0 aromatic carbocycles. The van der Waals surface area contributed by atoms with Gasteiger partial charge in [-0.05, 0) is 44.4 Å². The number of aliphatic carboxylic acids is 1. The predicted octanol–water partition coefficient (Wildman–Crippen LogP) is 2.87. The van der Waals surface area contributed by atoms with Crippen LogP contribution in [0.4, 0.5) is 0 Å². The van der Waals surface area contributed by atoms with Gasteiger partial charge in [-0.1, -0.05) is 19.8 Å². The summed E-state index contributed by atoms with van der Waals surface area (Å²) in [6, 6.07) is 0. The molecule has 0 unspecified atom stereocenters. The largest absolute Gasteiger partial charge is 0.481 e. The van der Waals surface area contributed by atoms with Crippen molar-refractivity contribution in [2.45, 2.75) is 58.3 Å². The third-order valence-corrected chi connectivity index (χ3v) is 5.41. The van der Waals surface area contributed by atoms with E-state index in [1.165, 1.54) is 12.7 Å². The maximum absolute atomic E-state index is 11.5. The second kappa shape index (κ2) is 6.73. The van der Waals surface area contributed by atoms with Crippen LogP contribution in [0.25, 0.3) is 0 Å². The second-order valence-electron chi connectivity index (χ2n) is 6.05. The first-order valence-corrected chi connectivity index (χ1v) is 9.26. The van der Waals surface area contributed by atoms with Crippen LogP contribution < -0.4 is 0 Å². The molecule has 1 rings (SSSR count). The van der Waals surface area contributed by atoms with Crippen molar-refractivity contribution in [3.05, 3.63) is 0 Å². The average molecular weight is 290 g/mol. The van der Waals surface area contributed by atoms with Gasteiger partial charge in [-0.3, -0.25) is 4.79 Å². The molecule has 0 atom stereocenters. The van der Waals surface area contributed by atoms with E-state index in [9.17, 15) is 18.3 Å². The lowest BCUT2D eigenvalue weighted by atomic mass is 9.67. The summed E-state index contributed by atoms with van der Waals surface area (Å²) < 4.78 is 22.3. The maximum atomic E-state index is 11.5. The van der Waals surface area contributed by atoms with Crippen molar-refractivity contribution in [1.82, 2.24) is 0 Å². The van der Waals surface area contributed by atoms with Gasteiger partial charge in [0.15, 0.2) is 0 Å². The molecule has 1 fully saturated rings. The number of carbonyl (C=O) groups is 1. The zero-order chi connectivity index (χ0) is 14.5. The zero-order valence-corrected chi connectivity index (χ0v) is 12.8. The second-order valence-corrected chi connectivity index (χ2v) is 8.31. The molecule has 1 N–H and O–H groups in total. The van der Waals surface area contributed by atoms with Gasteiger partial charge in [-0.15, -0.1) is 0 Å². The van der Waals surface area contributed by atoms with Crippen LogP contribution in [-0.4, -0.2) is 31.5 Å². The van der Waals surface area contributed by atoms with Crippen LogP contribution in [0.3, 0.4) is 0 Å². The number of carboxylic acids is 1. The molecule has 0 aromatic heterocycles. The predicted molar refractivity (Wildman–Crippen MR) is 75.9 cm³/mol. The Kier molecular flexibility index (Phi) is 5.83. The minimum Gasteiger partial charge on any atom is -0.481 e. The Hall–Kier alpha value is -0.580. The first-order valence-electron chi connectivity index (χ1n) is 7.20. The molecule has 112 valence electrons. The lowest BCUT2D eigenvalue weighted by Crippen LogP contribution is -2.36. The van der Waals surface area contributed by atoms with E-state index < -0.39 is 21.2 Å². The number of carboxylic acid groups (broad SMARTS) is 1. The third-order valence-electron chi connectivity index (χ3n) is 4.38. The SMILES string of the molecule is CCCC1CCC(CCCS(C)(=O)=O)(C(=O)O)CC1. The fourth-order valence-electron chi connectivity index (χ4n) is 3.17. The van der Waals surface area contributed by atoms with Gasteiger partial charge in [0.1, 0.15) is 9.84 Å². The van der Waals surface area contributed by atoms with Gasteiger partial charge in [0.25, 0.3) is 0 Å². The quantitative estimate of drug-likeness (QED) is 0.782. The van der Waals surface area contributed by atoms with Crippen molar-refractivity contribution in [3.8, 4) is 0 Å². The molecular weight excluding hydrogens is 264 g/mol. The van der Waals surface area contributed by atoms with Gasteiger partial charge in [0.2, 0.25) is 0 Å². The van der Waals surface area contributed by atoms with Crippen LogP contribution in [0, 0.1) is 11.3 Å². The van der Waals surface area contributed by atoms with Crippen LogP contribution in [0.15, 0.2) is 0 Å². The normalized spacial score (nSPS) is 28.2. The summed E-state index contributed by atoms with van der Waals surface area (Å²) in [7, 11) is -2.99. The first-order chi connectivity index (χ1) is 8.79. The van der Waals surface area contributed by atoms with Gasteiger partial charge in [0.05, 0.1) is 5.41 Å². The van der Waals surface area contributed by atoms with Crippen molar-refractivity contribution in [2.75, 3.05) is 12.0 Å². The van der Waals surface area contributed by atoms with E-state index in [0.717, 1.165) is 19.3 Å². The molecule has 0 aliphatic heterocycles. The Bertz CT molecular complexity index is 392. The maximum Gasteiger partial charge on any atom is 0.309 e. The van der Waals surface area contributed by atoms with E-state index in [0.29, 0.717) is 31.6 Å². The molecule has 1 aliphatic carbocycles. The van der Waals surface area contributed by atoms with E-state index in [1.54, 1.807) is 0 Å². The van der Waals surface area contributed by atoms with Gasteiger partial charge in [-0.25, -0.2) is 8.42 Å². The lowest BCUT2D eigenvalue weighted by Gasteiger charge is -2.37. The fraction of sp³-hybridized carbons (Fsp3) is 0.929. The molecule has 1 saturated carbocycles. The fourth-order valence-corrected chi connectivity index (χ4v) is 3.84. The summed E-state index contributed by atoms with van der Waals surface area (Å²) in [6.45, 7) is 2.16. The van der Waals surface area contributed by atoms with Gasteiger partial charge in [-0.2, -0.15) is 0 Å². The van der Waals surface area contributed by atoms with Gasteiger partial charge < -0.3 is 5.11 Å².